The van der Waals surface area contributed by atoms with Crippen molar-refractivity contribution in [3.63, 3.8) is 0 Å². The molecule has 0 unspecified atom stereocenters. The van der Waals surface area contributed by atoms with Gasteiger partial charge in [0.1, 0.15) is 0 Å². The Morgan fingerprint density at radius 2 is 1.88 bits per heavy atom. The minimum atomic E-state index is -3.69. The first-order valence-corrected chi connectivity index (χ1v) is 10.3. The summed E-state index contributed by atoms with van der Waals surface area (Å²) in [4.78, 5) is 11.8. The van der Waals surface area contributed by atoms with Crippen LogP contribution in [0.15, 0.2) is 24.3 Å². The topological polar surface area (TPSA) is 77.9 Å². The van der Waals surface area contributed by atoms with E-state index in [2.05, 4.69) is 19.1 Å². The number of carbonyl (C=O) groups is 1. The highest BCUT2D eigenvalue weighted by molar-refractivity contribution is 7.89. The van der Waals surface area contributed by atoms with Gasteiger partial charge >= 0.3 is 0 Å². The number of hydroxylamine groups is 2. The van der Waals surface area contributed by atoms with Gasteiger partial charge in [-0.05, 0) is 42.7 Å². The Hall–Kier alpha value is -1.44. The Labute approximate surface area is 150 Å². The predicted octanol–water partition coefficient (Wildman–Crippen LogP) is 2.73. The van der Waals surface area contributed by atoms with Crippen molar-refractivity contribution in [3.8, 4) is 0 Å². The molecular weight excluding hydrogens is 340 g/mol. The number of aryl methyl sites for hydroxylation is 1. The van der Waals surface area contributed by atoms with E-state index >= 15 is 0 Å². The molecule has 140 valence electrons. The minimum absolute atomic E-state index is 0.0645. The van der Waals surface area contributed by atoms with Gasteiger partial charge < -0.3 is 0 Å². The molecular formula is C18H28N2O4S. The largest absolute Gasteiger partial charge is 0.285 e. The number of carbonyl (C=O) groups excluding carboxylic acids is 1. The van der Waals surface area contributed by atoms with Crippen LogP contribution in [-0.2, 0) is 14.8 Å². The maximum Gasteiger partial charge on any atom is 0.247 e. The first kappa shape index (κ1) is 19.9. The summed E-state index contributed by atoms with van der Waals surface area (Å²) in [7, 11) is -3.69. The number of rotatable bonds is 6. The van der Waals surface area contributed by atoms with E-state index in [1.807, 2.05) is 26.0 Å². The number of sulfonamides is 1. The van der Waals surface area contributed by atoms with Crippen molar-refractivity contribution < 1.29 is 18.4 Å². The van der Waals surface area contributed by atoms with Gasteiger partial charge in [0, 0.05) is 19.5 Å². The maximum absolute atomic E-state index is 12.5. The van der Waals surface area contributed by atoms with Gasteiger partial charge in [0.05, 0.1) is 0 Å². The fourth-order valence-corrected chi connectivity index (χ4v) is 4.64. The van der Waals surface area contributed by atoms with Crippen LogP contribution in [-0.4, -0.2) is 47.9 Å². The molecule has 0 saturated carbocycles. The third kappa shape index (κ3) is 5.26. The average molecular weight is 368 g/mol. The second kappa shape index (κ2) is 8.29. The SMILES string of the molecule is Cc1ccccc1C1CCN(S(=O)(=O)CN(O)C(=O)CC(C)C)CC1. The molecule has 1 aliphatic heterocycles. The molecule has 0 radical (unpaired) electrons. The van der Waals surface area contributed by atoms with Crippen LogP contribution < -0.4 is 0 Å². The number of nitrogens with zero attached hydrogens (tertiary/aromatic N) is 2. The Kier molecular flexibility index (Phi) is 6.59. The number of hydrogen-bond acceptors (Lipinski definition) is 4. The fourth-order valence-electron chi connectivity index (χ4n) is 3.25. The summed E-state index contributed by atoms with van der Waals surface area (Å²) in [5.41, 5.74) is 2.50. The zero-order chi connectivity index (χ0) is 18.6. The van der Waals surface area contributed by atoms with Gasteiger partial charge in [-0.3, -0.25) is 10.0 Å². The zero-order valence-electron chi connectivity index (χ0n) is 15.2. The lowest BCUT2D eigenvalue weighted by Crippen LogP contribution is -2.44. The normalized spacial score (nSPS) is 17.0. The highest BCUT2D eigenvalue weighted by atomic mass is 32.2. The van der Waals surface area contributed by atoms with Crippen molar-refractivity contribution in [2.45, 2.75) is 46.0 Å². The van der Waals surface area contributed by atoms with Crippen LogP contribution in [0.5, 0.6) is 0 Å². The Bertz CT molecular complexity index is 695. The highest BCUT2D eigenvalue weighted by Crippen LogP contribution is 2.31. The third-order valence-corrected chi connectivity index (χ3v) is 6.35. The summed E-state index contributed by atoms with van der Waals surface area (Å²) in [6.45, 7) is 6.58. The molecule has 1 saturated heterocycles. The van der Waals surface area contributed by atoms with Crippen LogP contribution >= 0.6 is 0 Å². The van der Waals surface area contributed by atoms with Gasteiger partial charge in [0.2, 0.25) is 15.9 Å². The van der Waals surface area contributed by atoms with Gasteiger partial charge in [-0.15, -0.1) is 0 Å². The summed E-state index contributed by atoms with van der Waals surface area (Å²) in [5, 5.41) is 10.1. The van der Waals surface area contributed by atoms with E-state index < -0.39 is 21.8 Å². The monoisotopic (exact) mass is 368 g/mol. The van der Waals surface area contributed by atoms with Gasteiger partial charge in [-0.1, -0.05) is 38.1 Å². The van der Waals surface area contributed by atoms with E-state index in [-0.39, 0.29) is 12.3 Å². The maximum atomic E-state index is 12.5. The number of benzene rings is 1. The van der Waals surface area contributed by atoms with E-state index in [4.69, 9.17) is 0 Å². The lowest BCUT2D eigenvalue weighted by atomic mass is 9.87. The van der Waals surface area contributed by atoms with Crippen molar-refractivity contribution in [1.82, 2.24) is 9.37 Å². The van der Waals surface area contributed by atoms with Crippen LogP contribution in [0.4, 0.5) is 0 Å². The first-order valence-electron chi connectivity index (χ1n) is 8.73. The molecule has 2 rings (SSSR count). The smallest absolute Gasteiger partial charge is 0.247 e. The molecule has 1 amide bonds. The zero-order valence-corrected chi connectivity index (χ0v) is 16.0. The van der Waals surface area contributed by atoms with Crippen molar-refractivity contribution in [1.29, 1.82) is 0 Å². The van der Waals surface area contributed by atoms with E-state index in [0.717, 1.165) is 12.8 Å². The van der Waals surface area contributed by atoms with Crippen LogP contribution in [0.1, 0.15) is 50.2 Å². The quantitative estimate of drug-likeness (QED) is 0.619. The average Bonchev–Trinajstić information content (AvgIpc) is 2.54. The highest BCUT2D eigenvalue weighted by Gasteiger charge is 2.31. The molecule has 0 aromatic heterocycles. The van der Waals surface area contributed by atoms with E-state index in [1.165, 1.54) is 15.4 Å². The molecule has 25 heavy (non-hydrogen) atoms. The van der Waals surface area contributed by atoms with Gasteiger partial charge in [-0.2, -0.15) is 0 Å². The molecule has 0 atom stereocenters. The van der Waals surface area contributed by atoms with Crippen LogP contribution in [0.25, 0.3) is 0 Å². The molecule has 7 heteroatoms. The molecule has 1 aliphatic rings. The van der Waals surface area contributed by atoms with E-state index in [0.29, 0.717) is 24.1 Å². The van der Waals surface area contributed by atoms with Gasteiger partial charge in [0.25, 0.3) is 0 Å². The third-order valence-electron chi connectivity index (χ3n) is 4.63. The van der Waals surface area contributed by atoms with Crippen LogP contribution in [0, 0.1) is 12.8 Å². The van der Waals surface area contributed by atoms with Crippen molar-refractivity contribution >= 4 is 15.9 Å². The molecule has 1 aromatic rings. The molecule has 0 bridgehead atoms. The summed E-state index contributed by atoms with van der Waals surface area (Å²) in [5.74, 6) is -0.823. The lowest BCUT2D eigenvalue weighted by molar-refractivity contribution is -0.162. The molecule has 6 nitrogen and oxygen atoms in total. The van der Waals surface area contributed by atoms with Crippen molar-refractivity contribution in [2.75, 3.05) is 19.0 Å². The van der Waals surface area contributed by atoms with E-state index in [1.54, 1.807) is 0 Å². The second-order valence-electron chi connectivity index (χ2n) is 7.16. The summed E-state index contributed by atoms with van der Waals surface area (Å²) in [6, 6.07) is 8.18. The summed E-state index contributed by atoms with van der Waals surface area (Å²) in [6.07, 6.45) is 1.62. The van der Waals surface area contributed by atoms with Gasteiger partial charge in [-0.25, -0.2) is 17.8 Å². The van der Waals surface area contributed by atoms with Crippen molar-refractivity contribution in [2.24, 2.45) is 5.92 Å². The summed E-state index contributed by atoms with van der Waals surface area (Å²) >= 11 is 0. The molecule has 1 aromatic carbocycles. The van der Waals surface area contributed by atoms with Crippen molar-refractivity contribution in [3.05, 3.63) is 35.4 Å². The molecule has 0 aliphatic carbocycles. The number of amides is 1. The Morgan fingerprint density at radius 1 is 1.28 bits per heavy atom. The van der Waals surface area contributed by atoms with Crippen LogP contribution in [0.3, 0.4) is 0 Å². The molecule has 1 heterocycles. The standard InChI is InChI=1S/C18H28N2O4S/c1-14(2)12-18(21)20(22)13-25(23,24)19-10-8-16(9-11-19)17-7-5-4-6-15(17)3/h4-7,14,16,22H,8-13H2,1-3H3. The van der Waals surface area contributed by atoms with Gasteiger partial charge in [0.15, 0.2) is 5.88 Å². The lowest BCUT2D eigenvalue weighted by Gasteiger charge is -2.32. The van der Waals surface area contributed by atoms with Crippen LogP contribution in [0.2, 0.25) is 0 Å². The predicted molar refractivity (Wildman–Crippen MR) is 96.6 cm³/mol. The minimum Gasteiger partial charge on any atom is -0.285 e. The number of piperidine rings is 1. The Morgan fingerprint density at radius 3 is 2.44 bits per heavy atom. The summed E-state index contributed by atoms with van der Waals surface area (Å²) < 4.78 is 26.3. The van der Waals surface area contributed by atoms with E-state index in [9.17, 15) is 18.4 Å². The first-order chi connectivity index (χ1) is 11.7. The molecule has 0 spiro atoms. The number of hydrogen-bond donors (Lipinski definition) is 1. The Balaban J connectivity index is 1.95. The molecule has 1 fully saturated rings. The fraction of sp³-hybridized carbons (Fsp3) is 0.611. The second-order valence-corrected chi connectivity index (χ2v) is 9.10. The molecule has 1 N–H and O–H groups in total.